The summed E-state index contributed by atoms with van der Waals surface area (Å²) < 4.78 is 4.93. The molecule has 0 fully saturated rings. The molecule has 0 amide bonds. The summed E-state index contributed by atoms with van der Waals surface area (Å²) in [6.07, 6.45) is 0. The fourth-order valence-electron chi connectivity index (χ4n) is 1.67. The SMILES string of the molecule is CCOC(=O)c1cc(N=Nc2cc(Cl)ccc2Cl)ccc1N. The van der Waals surface area contributed by atoms with E-state index in [0.717, 1.165) is 0 Å². The van der Waals surface area contributed by atoms with Gasteiger partial charge in [0.2, 0.25) is 0 Å². The van der Waals surface area contributed by atoms with Gasteiger partial charge in [-0.1, -0.05) is 23.2 Å². The third-order valence-electron chi connectivity index (χ3n) is 2.71. The van der Waals surface area contributed by atoms with Crippen molar-refractivity contribution in [2.75, 3.05) is 12.3 Å². The first-order valence-corrected chi connectivity index (χ1v) is 7.20. The van der Waals surface area contributed by atoms with Gasteiger partial charge < -0.3 is 10.5 Å². The maximum absolute atomic E-state index is 11.8. The topological polar surface area (TPSA) is 77.0 Å². The number of rotatable bonds is 4. The minimum Gasteiger partial charge on any atom is -0.462 e. The van der Waals surface area contributed by atoms with E-state index in [2.05, 4.69) is 10.2 Å². The smallest absolute Gasteiger partial charge is 0.340 e. The van der Waals surface area contributed by atoms with Crippen molar-refractivity contribution in [2.24, 2.45) is 10.2 Å². The van der Waals surface area contributed by atoms with Crippen molar-refractivity contribution >= 4 is 46.2 Å². The van der Waals surface area contributed by atoms with Crippen LogP contribution in [-0.2, 0) is 4.74 Å². The van der Waals surface area contributed by atoms with Gasteiger partial charge in [-0.15, -0.1) is 5.11 Å². The van der Waals surface area contributed by atoms with Crippen LogP contribution in [0, 0.1) is 0 Å². The number of hydrogen-bond acceptors (Lipinski definition) is 5. The second kappa shape index (κ2) is 7.24. The Labute approximate surface area is 137 Å². The molecule has 0 aliphatic carbocycles. The Morgan fingerprint density at radius 3 is 2.68 bits per heavy atom. The number of carbonyl (C=O) groups is 1. The van der Waals surface area contributed by atoms with E-state index in [4.69, 9.17) is 33.7 Å². The summed E-state index contributed by atoms with van der Waals surface area (Å²) in [6.45, 7) is 1.99. The van der Waals surface area contributed by atoms with Gasteiger partial charge in [-0.25, -0.2) is 4.79 Å². The normalized spacial score (nSPS) is 10.9. The first-order chi connectivity index (χ1) is 10.5. The van der Waals surface area contributed by atoms with Gasteiger partial charge >= 0.3 is 5.97 Å². The van der Waals surface area contributed by atoms with Crippen molar-refractivity contribution in [1.29, 1.82) is 0 Å². The molecule has 0 saturated carbocycles. The predicted molar refractivity (Wildman–Crippen MR) is 87.4 cm³/mol. The Morgan fingerprint density at radius 1 is 1.18 bits per heavy atom. The highest BCUT2D eigenvalue weighted by Gasteiger charge is 2.11. The van der Waals surface area contributed by atoms with Crippen LogP contribution in [0.1, 0.15) is 17.3 Å². The Kier molecular flexibility index (Phi) is 5.35. The third kappa shape index (κ3) is 3.96. The van der Waals surface area contributed by atoms with Crippen molar-refractivity contribution in [2.45, 2.75) is 6.92 Å². The average molecular weight is 338 g/mol. The van der Waals surface area contributed by atoms with Crippen molar-refractivity contribution < 1.29 is 9.53 Å². The van der Waals surface area contributed by atoms with Gasteiger partial charge in [-0.05, 0) is 43.3 Å². The molecule has 0 bridgehead atoms. The molecule has 0 atom stereocenters. The second-order valence-corrected chi connectivity index (χ2v) is 5.13. The average Bonchev–Trinajstić information content (AvgIpc) is 2.49. The first-order valence-electron chi connectivity index (χ1n) is 6.44. The number of nitrogen functional groups attached to an aromatic ring is 1. The largest absolute Gasteiger partial charge is 0.462 e. The molecule has 7 heteroatoms. The van der Waals surface area contributed by atoms with E-state index in [-0.39, 0.29) is 12.2 Å². The molecular formula is C15H13Cl2N3O2. The minimum atomic E-state index is -0.502. The maximum atomic E-state index is 11.8. The summed E-state index contributed by atoms with van der Waals surface area (Å²) in [5, 5.41) is 9.00. The number of carbonyl (C=O) groups excluding carboxylic acids is 1. The molecule has 0 spiro atoms. The van der Waals surface area contributed by atoms with Crippen LogP contribution < -0.4 is 5.73 Å². The maximum Gasteiger partial charge on any atom is 0.340 e. The number of nitrogens with zero attached hydrogens (tertiary/aromatic N) is 2. The van der Waals surface area contributed by atoms with Crippen LogP contribution in [0.3, 0.4) is 0 Å². The first kappa shape index (κ1) is 16.3. The van der Waals surface area contributed by atoms with Gasteiger partial charge in [-0.2, -0.15) is 5.11 Å². The molecule has 0 aromatic heterocycles. The number of hydrogen-bond donors (Lipinski definition) is 1. The minimum absolute atomic E-state index is 0.246. The lowest BCUT2D eigenvalue weighted by atomic mass is 10.1. The standard InChI is InChI=1S/C15H13Cl2N3O2/c1-2-22-15(21)11-8-10(4-6-13(11)18)19-20-14-7-9(16)3-5-12(14)17/h3-8H,2,18H2,1H3. The molecule has 2 aromatic carbocycles. The van der Waals surface area contributed by atoms with Gasteiger partial charge in [0.25, 0.3) is 0 Å². The predicted octanol–water partition coefficient (Wildman–Crippen LogP) is 5.17. The number of esters is 1. The molecule has 0 aliphatic heterocycles. The lowest BCUT2D eigenvalue weighted by Crippen LogP contribution is -2.07. The molecule has 2 rings (SSSR count). The Morgan fingerprint density at radius 2 is 1.95 bits per heavy atom. The summed E-state index contributed by atoms with van der Waals surface area (Å²) in [5.41, 5.74) is 7.21. The van der Waals surface area contributed by atoms with Crippen LogP contribution in [-0.4, -0.2) is 12.6 Å². The van der Waals surface area contributed by atoms with Crippen molar-refractivity contribution in [3.05, 3.63) is 52.0 Å². The monoisotopic (exact) mass is 337 g/mol. The van der Waals surface area contributed by atoms with E-state index in [0.29, 0.717) is 27.1 Å². The highest BCUT2D eigenvalue weighted by molar-refractivity contribution is 6.35. The summed E-state index contributed by atoms with van der Waals surface area (Å²) in [7, 11) is 0. The van der Waals surface area contributed by atoms with E-state index < -0.39 is 5.97 Å². The Balaban J connectivity index is 2.30. The van der Waals surface area contributed by atoms with E-state index >= 15 is 0 Å². The molecule has 0 radical (unpaired) electrons. The second-order valence-electron chi connectivity index (χ2n) is 4.29. The summed E-state index contributed by atoms with van der Waals surface area (Å²) in [6, 6.07) is 9.60. The van der Waals surface area contributed by atoms with E-state index in [9.17, 15) is 4.79 Å². The van der Waals surface area contributed by atoms with Gasteiger partial charge in [0.1, 0.15) is 5.69 Å². The van der Waals surface area contributed by atoms with Crippen LogP contribution >= 0.6 is 23.2 Å². The molecule has 2 N–H and O–H groups in total. The van der Waals surface area contributed by atoms with Crippen molar-refractivity contribution in [3.8, 4) is 0 Å². The number of ether oxygens (including phenoxy) is 1. The summed E-state index contributed by atoms with van der Waals surface area (Å²) in [4.78, 5) is 11.8. The summed E-state index contributed by atoms with van der Waals surface area (Å²) >= 11 is 11.9. The molecular weight excluding hydrogens is 325 g/mol. The quantitative estimate of drug-likeness (QED) is 0.475. The lowest BCUT2D eigenvalue weighted by Gasteiger charge is -2.05. The van der Waals surface area contributed by atoms with Crippen LogP contribution in [0.4, 0.5) is 17.1 Å². The molecule has 22 heavy (non-hydrogen) atoms. The zero-order valence-corrected chi connectivity index (χ0v) is 13.2. The number of nitrogens with two attached hydrogens (primary N) is 1. The van der Waals surface area contributed by atoms with Crippen LogP contribution in [0.15, 0.2) is 46.6 Å². The Hall–Kier alpha value is -2.11. The number of anilines is 1. The molecule has 0 saturated heterocycles. The van der Waals surface area contributed by atoms with E-state index in [1.54, 1.807) is 37.3 Å². The van der Waals surface area contributed by atoms with Gasteiger partial charge in [-0.3, -0.25) is 0 Å². The van der Waals surface area contributed by atoms with Crippen LogP contribution in [0.25, 0.3) is 0 Å². The number of halogens is 2. The third-order valence-corrected chi connectivity index (χ3v) is 3.27. The number of azo groups is 1. The molecule has 0 heterocycles. The van der Waals surface area contributed by atoms with Crippen molar-refractivity contribution in [3.63, 3.8) is 0 Å². The Bertz CT molecular complexity index is 733. The molecule has 2 aromatic rings. The zero-order chi connectivity index (χ0) is 16.1. The molecule has 0 unspecified atom stereocenters. The molecule has 0 aliphatic rings. The highest BCUT2D eigenvalue weighted by atomic mass is 35.5. The zero-order valence-electron chi connectivity index (χ0n) is 11.7. The van der Waals surface area contributed by atoms with Gasteiger partial charge in [0.15, 0.2) is 0 Å². The van der Waals surface area contributed by atoms with E-state index in [1.807, 2.05) is 0 Å². The molecule has 114 valence electrons. The summed E-state index contributed by atoms with van der Waals surface area (Å²) in [5.74, 6) is -0.502. The van der Waals surface area contributed by atoms with Crippen LogP contribution in [0.5, 0.6) is 0 Å². The van der Waals surface area contributed by atoms with Crippen molar-refractivity contribution in [1.82, 2.24) is 0 Å². The molecule has 5 nitrogen and oxygen atoms in total. The van der Waals surface area contributed by atoms with Gasteiger partial charge in [0.05, 0.1) is 22.9 Å². The van der Waals surface area contributed by atoms with E-state index in [1.165, 1.54) is 6.07 Å². The highest BCUT2D eigenvalue weighted by Crippen LogP contribution is 2.30. The van der Waals surface area contributed by atoms with Crippen LogP contribution in [0.2, 0.25) is 10.0 Å². The lowest BCUT2D eigenvalue weighted by molar-refractivity contribution is 0.0527. The fraction of sp³-hybridized carbons (Fsp3) is 0.133. The number of benzene rings is 2. The van der Waals surface area contributed by atoms with Gasteiger partial charge in [0, 0.05) is 10.7 Å². The fourth-order valence-corrected chi connectivity index (χ4v) is 1.99.